The fourth-order valence-corrected chi connectivity index (χ4v) is 4.89. The van der Waals surface area contributed by atoms with Crippen molar-refractivity contribution in [3.63, 3.8) is 0 Å². The van der Waals surface area contributed by atoms with Gasteiger partial charge in [0, 0.05) is 23.9 Å². The van der Waals surface area contributed by atoms with E-state index in [-0.39, 0.29) is 5.54 Å². The second-order valence-electron chi connectivity index (χ2n) is 6.88. The predicted octanol–water partition coefficient (Wildman–Crippen LogP) is 3.21. The van der Waals surface area contributed by atoms with Crippen LogP contribution in [0.4, 0.5) is 0 Å². The molecule has 3 heteroatoms. The molecule has 0 saturated heterocycles. The van der Waals surface area contributed by atoms with E-state index >= 15 is 0 Å². The molecule has 1 rings (SSSR count). The van der Waals surface area contributed by atoms with Crippen LogP contribution in [0.3, 0.4) is 0 Å². The molecule has 3 unspecified atom stereocenters. The van der Waals surface area contributed by atoms with E-state index in [0.717, 1.165) is 6.54 Å². The molecular weight excluding hydrogens is 240 g/mol. The van der Waals surface area contributed by atoms with Gasteiger partial charge < -0.3 is 5.73 Å². The molecule has 1 aliphatic carbocycles. The molecule has 0 aliphatic heterocycles. The highest BCUT2D eigenvalue weighted by molar-refractivity contribution is 7.98. The summed E-state index contributed by atoms with van der Waals surface area (Å²) >= 11 is 1.95. The molecule has 18 heavy (non-hydrogen) atoms. The fourth-order valence-electron chi connectivity index (χ4n) is 4.04. The second kappa shape index (κ2) is 6.15. The van der Waals surface area contributed by atoms with Crippen LogP contribution in [-0.4, -0.2) is 42.1 Å². The van der Waals surface area contributed by atoms with Gasteiger partial charge in [-0.25, -0.2) is 0 Å². The van der Waals surface area contributed by atoms with Crippen molar-refractivity contribution in [1.29, 1.82) is 0 Å². The number of nitrogens with two attached hydrogens (primary N) is 1. The maximum atomic E-state index is 6.22. The third kappa shape index (κ3) is 3.05. The van der Waals surface area contributed by atoms with Crippen molar-refractivity contribution >= 4 is 11.8 Å². The van der Waals surface area contributed by atoms with Crippen LogP contribution in [0, 0.1) is 11.3 Å². The Morgan fingerprint density at radius 3 is 2.39 bits per heavy atom. The average molecular weight is 273 g/mol. The Labute approximate surface area is 118 Å². The van der Waals surface area contributed by atoms with Crippen molar-refractivity contribution in [2.45, 2.75) is 58.5 Å². The first-order chi connectivity index (χ1) is 8.33. The lowest BCUT2D eigenvalue weighted by Crippen LogP contribution is -2.58. The summed E-state index contributed by atoms with van der Waals surface area (Å²) in [5.74, 6) is 1.90. The van der Waals surface area contributed by atoms with Gasteiger partial charge in [0.15, 0.2) is 0 Å². The zero-order chi connectivity index (χ0) is 14.0. The second-order valence-corrected chi connectivity index (χ2v) is 7.79. The smallest absolute Gasteiger partial charge is 0.0362 e. The van der Waals surface area contributed by atoms with Crippen LogP contribution in [0.2, 0.25) is 0 Å². The Morgan fingerprint density at radius 2 is 2.06 bits per heavy atom. The third-order valence-corrected chi connectivity index (χ3v) is 5.71. The highest BCUT2D eigenvalue weighted by Gasteiger charge is 2.51. The van der Waals surface area contributed by atoms with Crippen LogP contribution in [0.1, 0.15) is 47.0 Å². The summed E-state index contributed by atoms with van der Waals surface area (Å²) < 4.78 is 0. The molecule has 0 radical (unpaired) electrons. The van der Waals surface area contributed by atoms with Gasteiger partial charge in [0.05, 0.1) is 0 Å². The van der Waals surface area contributed by atoms with Crippen molar-refractivity contribution in [1.82, 2.24) is 4.90 Å². The van der Waals surface area contributed by atoms with Crippen LogP contribution in [0.5, 0.6) is 0 Å². The molecular formula is C15H32N2S. The van der Waals surface area contributed by atoms with E-state index < -0.39 is 0 Å². The van der Waals surface area contributed by atoms with Gasteiger partial charge in [-0.15, -0.1) is 0 Å². The fraction of sp³-hybridized carbons (Fsp3) is 1.00. The highest BCUT2D eigenvalue weighted by atomic mass is 32.2. The normalized spacial score (nSPS) is 33.0. The van der Waals surface area contributed by atoms with Crippen LogP contribution in [-0.2, 0) is 0 Å². The van der Waals surface area contributed by atoms with Gasteiger partial charge in [0.1, 0.15) is 0 Å². The largest absolute Gasteiger partial charge is 0.329 e. The number of hydrogen-bond acceptors (Lipinski definition) is 3. The van der Waals surface area contributed by atoms with E-state index in [1.807, 2.05) is 11.8 Å². The van der Waals surface area contributed by atoms with Crippen molar-refractivity contribution < 1.29 is 0 Å². The minimum Gasteiger partial charge on any atom is -0.329 e. The van der Waals surface area contributed by atoms with Gasteiger partial charge in [-0.3, -0.25) is 4.90 Å². The Kier molecular flexibility index (Phi) is 5.58. The molecule has 0 bridgehead atoms. The predicted molar refractivity (Wildman–Crippen MR) is 84.2 cm³/mol. The third-order valence-electron chi connectivity index (χ3n) is 4.99. The summed E-state index contributed by atoms with van der Waals surface area (Å²) in [5.41, 5.74) is 6.86. The lowest BCUT2D eigenvalue weighted by atomic mass is 9.84. The van der Waals surface area contributed by atoms with Gasteiger partial charge in [-0.1, -0.05) is 27.7 Å². The summed E-state index contributed by atoms with van der Waals surface area (Å²) in [7, 11) is 2.30. The van der Waals surface area contributed by atoms with E-state index in [9.17, 15) is 0 Å². The summed E-state index contributed by atoms with van der Waals surface area (Å²) in [6.45, 7) is 10.3. The lowest BCUT2D eigenvalue weighted by molar-refractivity contribution is 0.0514. The molecule has 0 aromatic heterocycles. The Bertz CT molecular complexity index is 267. The molecule has 3 atom stereocenters. The van der Waals surface area contributed by atoms with E-state index in [4.69, 9.17) is 5.73 Å². The molecule has 108 valence electrons. The summed E-state index contributed by atoms with van der Waals surface area (Å²) in [5, 5.41) is 0. The molecule has 0 aromatic carbocycles. The van der Waals surface area contributed by atoms with E-state index in [1.54, 1.807) is 0 Å². The van der Waals surface area contributed by atoms with Gasteiger partial charge >= 0.3 is 0 Å². The Hall–Kier alpha value is 0.270. The zero-order valence-electron chi connectivity index (χ0n) is 13.1. The van der Waals surface area contributed by atoms with Gasteiger partial charge in [0.2, 0.25) is 0 Å². The summed E-state index contributed by atoms with van der Waals surface area (Å²) in [4.78, 5) is 2.61. The maximum Gasteiger partial charge on any atom is 0.0362 e. The number of nitrogens with zero attached hydrogens (tertiary/aromatic N) is 1. The van der Waals surface area contributed by atoms with Gasteiger partial charge in [-0.05, 0) is 43.9 Å². The molecule has 0 aromatic rings. The molecule has 0 spiro atoms. The molecule has 1 aliphatic rings. The van der Waals surface area contributed by atoms with Crippen LogP contribution >= 0.6 is 11.8 Å². The van der Waals surface area contributed by atoms with E-state index in [1.165, 1.54) is 25.0 Å². The summed E-state index contributed by atoms with van der Waals surface area (Å²) in [6, 6.07) is 0.653. The first-order valence-electron chi connectivity index (χ1n) is 7.25. The molecule has 1 fully saturated rings. The Morgan fingerprint density at radius 1 is 1.44 bits per heavy atom. The standard InChI is InChI=1S/C15H32N2S/c1-7-13(9-18-6)17(5)15(11-16)10-14(3,4)8-12(15)2/h12-13H,7-11,16H2,1-6H3. The van der Waals surface area contributed by atoms with Gasteiger partial charge in [-0.2, -0.15) is 11.8 Å². The minimum absolute atomic E-state index is 0.208. The van der Waals surface area contributed by atoms with E-state index in [0.29, 0.717) is 17.4 Å². The monoisotopic (exact) mass is 272 g/mol. The quantitative estimate of drug-likeness (QED) is 0.805. The zero-order valence-corrected chi connectivity index (χ0v) is 13.9. The molecule has 0 amide bonds. The SMILES string of the molecule is CCC(CSC)N(C)C1(CN)CC(C)(C)CC1C. The van der Waals surface area contributed by atoms with Crippen LogP contribution in [0.25, 0.3) is 0 Å². The topological polar surface area (TPSA) is 29.3 Å². The van der Waals surface area contributed by atoms with Crippen LogP contribution in [0.15, 0.2) is 0 Å². The number of rotatable bonds is 6. The highest BCUT2D eigenvalue weighted by Crippen LogP contribution is 2.50. The number of thioether (sulfide) groups is 1. The number of hydrogen-bond donors (Lipinski definition) is 1. The van der Waals surface area contributed by atoms with Gasteiger partial charge in [0.25, 0.3) is 0 Å². The first-order valence-corrected chi connectivity index (χ1v) is 8.64. The molecule has 2 nitrogen and oxygen atoms in total. The van der Waals surface area contributed by atoms with Crippen LogP contribution < -0.4 is 5.73 Å². The minimum atomic E-state index is 0.208. The van der Waals surface area contributed by atoms with Crippen molar-refractivity contribution in [2.24, 2.45) is 17.1 Å². The molecule has 2 N–H and O–H groups in total. The summed E-state index contributed by atoms with van der Waals surface area (Å²) in [6.07, 6.45) is 5.95. The Balaban J connectivity index is 2.93. The van der Waals surface area contributed by atoms with Crippen molar-refractivity contribution in [2.75, 3.05) is 25.6 Å². The lowest BCUT2D eigenvalue weighted by Gasteiger charge is -2.46. The number of likely N-dealkylation sites (N-methyl/N-ethyl adjacent to an activating group) is 1. The van der Waals surface area contributed by atoms with Crippen molar-refractivity contribution in [3.8, 4) is 0 Å². The average Bonchev–Trinajstić information content (AvgIpc) is 2.55. The maximum absolute atomic E-state index is 6.22. The molecule has 1 saturated carbocycles. The van der Waals surface area contributed by atoms with E-state index in [2.05, 4.69) is 45.9 Å². The van der Waals surface area contributed by atoms with Crippen molar-refractivity contribution in [3.05, 3.63) is 0 Å². The first kappa shape index (κ1) is 16.3. The molecule has 0 heterocycles.